The molecule has 1 saturated heterocycles. The van der Waals surface area contributed by atoms with Gasteiger partial charge in [0.1, 0.15) is 5.76 Å². The molecule has 0 unspecified atom stereocenters. The van der Waals surface area contributed by atoms with Crippen LogP contribution in [0.1, 0.15) is 31.2 Å². The number of nitrogens with zero attached hydrogens (tertiary/aromatic N) is 2. The summed E-state index contributed by atoms with van der Waals surface area (Å²) in [4.78, 5) is 7.60. The molecule has 0 saturated carbocycles. The number of aromatic nitrogens is 1. The number of benzene rings is 2. The van der Waals surface area contributed by atoms with Crippen LogP contribution < -0.4 is 0 Å². The molecule has 30 heavy (non-hydrogen) atoms. The third-order valence-corrected chi connectivity index (χ3v) is 7.10. The van der Waals surface area contributed by atoms with E-state index in [2.05, 4.69) is 11.8 Å². The van der Waals surface area contributed by atoms with Crippen LogP contribution >= 0.6 is 0 Å². The molecule has 1 aliphatic heterocycles. The summed E-state index contributed by atoms with van der Waals surface area (Å²) in [6, 6.07) is 15.6. The standard InChI is InChI=1S/C24H28N2O3S/c1-17-5-4-15-26(17)16-14-23-18(2)29-24(25-23)21-8-6-19(7-9-21)20-10-12-22(13-11-20)30(3,27)28/h6-13,17H,4-5,14-16H2,1-3H3/t17-/m1/s1. The van der Waals surface area contributed by atoms with E-state index in [4.69, 9.17) is 9.40 Å². The molecule has 5 nitrogen and oxygen atoms in total. The second-order valence-electron chi connectivity index (χ2n) is 8.17. The highest BCUT2D eigenvalue weighted by atomic mass is 32.2. The van der Waals surface area contributed by atoms with Gasteiger partial charge in [-0.05, 0) is 68.6 Å². The third-order valence-electron chi connectivity index (χ3n) is 5.97. The summed E-state index contributed by atoms with van der Waals surface area (Å²) in [6.07, 6.45) is 4.69. The SMILES string of the molecule is Cc1oc(-c2ccc(-c3ccc(S(C)(=O)=O)cc3)cc2)nc1CCN1CCC[C@H]1C. The zero-order valence-electron chi connectivity index (χ0n) is 17.8. The Labute approximate surface area is 178 Å². The van der Waals surface area contributed by atoms with Gasteiger partial charge >= 0.3 is 0 Å². The second kappa shape index (κ2) is 8.36. The molecule has 1 atom stereocenters. The lowest BCUT2D eigenvalue weighted by atomic mass is 10.0. The molecule has 6 heteroatoms. The number of oxazole rings is 1. The van der Waals surface area contributed by atoms with Gasteiger partial charge < -0.3 is 9.32 Å². The Morgan fingerprint density at radius 3 is 2.20 bits per heavy atom. The second-order valence-corrected chi connectivity index (χ2v) is 10.2. The van der Waals surface area contributed by atoms with Gasteiger partial charge in [0, 0.05) is 30.8 Å². The van der Waals surface area contributed by atoms with Crippen LogP contribution in [-0.2, 0) is 16.3 Å². The Morgan fingerprint density at radius 2 is 1.63 bits per heavy atom. The molecule has 3 aromatic rings. The fraction of sp³-hybridized carbons (Fsp3) is 0.375. The van der Waals surface area contributed by atoms with Crippen molar-refractivity contribution >= 4 is 9.84 Å². The highest BCUT2D eigenvalue weighted by molar-refractivity contribution is 7.90. The van der Waals surface area contributed by atoms with Gasteiger partial charge in [-0.25, -0.2) is 13.4 Å². The largest absolute Gasteiger partial charge is 0.441 e. The molecule has 158 valence electrons. The Hall–Kier alpha value is -2.44. The fourth-order valence-corrected chi connectivity index (χ4v) is 4.69. The topological polar surface area (TPSA) is 63.4 Å². The number of sulfone groups is 1. The summed E-state index contributed by atoms with van der Waals surface area (Å²) in [6.45, 7) is 6.48. The van der Waals surface area contributed by atoms with Crippen LogP contribution in [0.3, 0.4) is 0 Å². The van der Waals surface area contributed by atoms with E-state index in [9.17, 15) is 8.42 Å². The van der Waals surface area contributed by atoms with Crippen molar-refractivity contribution in [1.82, 2.24) is 9.88 Å². The molecule has 0 spiro atoms. The lowest BCUT2D eigenvalue weighted by molar-refractivity contribution is 0.271. The van der Waals surface area contributed by atoms with E-state index in [1.807, 2.05) is 43.3 Å². The first-order chi connectivity index (χ1) is 14.3. The monoisotopic (exact) mass is 424 g/mol. The van der Waals surface area contributed by atoms with Gasteiger partial charge in [0.05, 0.1) is 10.6 Å². The number of rotatable bonds is 6. The summed E-state index contributed by atoms with van der Waals surface area (Å²) in [5.74, 6) is 1.54. The van der Waals surface area contributed by atoms with Crippen molar-refractivity contribution in [2.75, 3.05) is 19.3 Å². The molecule has 2 aromatic carbocycles. The Kier molecular flexibility index (Phi) is 5.80. The van der Waals surface area contributed by atoms with Gasteiger partial charge in [-0.3, -0.25) is 0 Å². The number of hydrogen-bond donors (Lipinski definition) is 0. The minimum Gasteiger partial charge on any atom is -0.441 e. The van der Waals surface area contributed by atoms with Crippen molar-refractivity contribution in [1.29, 1.82) is 0 Å². The van der Waals surface area contributed by atoms with E-state index in [1.165, 1.54) is 25.6 Å². The Bertz CT molecular complexity index is 1120. The predicted octanol–water partition coefficient (Wildman–Crippen LogP) is 4.75. The first-order valence-corrected chi connectivity index (χ1v) is 12.3. The fourth-order valence-electron chi connectivity index (χ4n) is 4.06. The quantitative estimate of drug-likeness (QED) is 0.571. The summed E-state index contributed by atoms with van der Waals surface area (Å²) < 4.78 is 29.2. The molecular weight excluding hydrogens is 396 g/mol. The van der Waals surface area contributed by atoms with Gasteiger partial charge in [-0.2, -0.15) is 0 Å². The van der Waals surface area contributed by atoms with Gasteiger partial charge in [-0.1, -0.05) is 24.3 Å². The molecule has 1 aromatic heterocycles. The van der Waals surface area contributed by atoms with Crippen molar-refractivity contribution < 1.29 is 12.8 Å². The molecule has 1 fully saturated rings. The highest BCUT2D eigenvalue weighted by Crippen LogP contribution is 2.27. The minimum absolute atomic E-state index is 0.328. The maximum Gasteiger partial charge on any atom is 0.226 e. The van der Waals surface area contributed by atoms with Crippen molar-refractivity contribution in [3.8, 4) is 22.6 Å². The molecule has 0 aliphatic carbocycles. The highest BCUT2D eigenvalue weighted by Gasteiger charge is 2.21. The average Bonchev–Trinajstić information content (AvgIpc) is 3.31. The third kappa shape index (κ3) is 4.50. The van der Waals surface area contributed by atoms with Crippen LogP contribution in [0.4, 0.5) is 0 Å². The Balaban J connectivity index is 1.47. The number of hydrogen-bond acceptors (Lipinski definition) is 5. The molecule has 1 aliphatic rings. The van der Waals surface area contributed by atoms with Crippen LogP contribution in [0.15, 0.2) is 57.8 Å². The first kappa shape index (κ1) is 20.8. The van der Waals surface area contributed by atoms with Crippen LogP contribution in [0.25, 0.3) is 22.6 Å². The van der Waals surface area contributed by atoms with Crippen molar-refractivity contribution in [3.05, 3.63) is 60.0 Å². The summed E-state index contributed by atoms with van der Waals surface area (Å²) in [7, 11) is -3.18. The lowest BCUT2D eigenvalue weighted by Crippen LogP contribution is -2.29. The maximum atomic E-state index is 11.6. The zero-order chi connectivity index (χ0) is 21.3. The average molecular weight is 425 g/mol. The van der Waals surface area contributed by atoms with E-state index >= 15 is 0 Å². The van der Waals surface area contributed by atoms with E-state index in [-0.39, 0.29) is 0 Å². The van der Waals surface area contributed by atoms with Gasteiger partial charge in [0.2, 0.25) is 5.89 Å². The van der Waals surface area contributed by atoms with Gasteiger partial charge in [0.15, 0.2) is 9.84 Å². The number of aryl methyl sites for hydroxylation is 1. The van der Waals surface area contributed by atoms with Crippen molar-refractivity contribution in [2.24, 2.45) is 0 Å². The van der Waals surface area contributed by atoms with Crippen LogP contribution in [-0.4, -0.2) is 43.7 Å². The minimum atomic E-state index is -3.18. The molecular formula is C24H28N2O3S. The first-order valence-electron chi connectivity index (χ1n) is 10.4. The Morgan fingerprint density at radius 1 is 1.03 bits per heavy atom. The molecule has 2 heterocycles. The summed E-state index contributed by atoms with van der Waals surface area (Å²) in [5, 5.41) is 0. The smallest absolute Gasteiger partial charge is 0.226 e. The van der Waals surface area contributed by atoms with Crippen LogP contribution in [0, 0.1) is 6.92 Å². The molecule has 4 rings (SSSR count). The maximum absolute atomic E-state index is 11.6. The predicted molar refractivity (Wildman–Crippen MR) is 119 cm³/mol. The molecule has 0 radical (unpaired) electrons. The van der Waals surface area contributed by atoms with E-state index < -0.39 is 9.84 Å². The van der Waals surface area contributed by atoms with E-state index in [0.29, 0.717) is 16.8 Å². The van der Waals surface area contributed by atoms with E-state index in [0.717, 1.165) is 41.1 Å². The number of likely N-dealkylation sites (tertiary alicyclic amines) is 1. The molecule has 0 N–H and O–H groups in total. The normalized spacial score (nSPS) is 17.5. The lowest BCUT2D eigenvalue weighted by Gasteiger charge is -2.20. The summed E-state index contributed by atoms with van der Waals surface area (Å²) >= 11 is 0. The van der Waals surface area contributed by atoms with Gasteiger partial charge in [-0.15, -0.1) is 0 Å². The summed E-state index contributed by atoms with van der Waals surface area (Å²) in [5.41, 5.74) is 3.96. The van der Waals surface area contributed by atoms with Gasteiger partial charge in [0.25, 0.3) is 0 Å². The zero-order valence-corrected chi connectivity index (χ0v) is 18.6. The van der Waals surface area contributed by atoms with Crippen LogP contribution in [0.2, 0.25) is 0 Å². The van der Waals surface area contributed by atoms with Crippen LogP contribution in [0.5, 0.6) is 0 Å². The van der Waals surface area contributed by atoms with Crippen molar-refractivity contribution in [2.45, 2.75) is 44.0 Å². The van der Waals surface area contributed by atoms with Crippen molar-refractivity contribution in [3.63, 3.8) is 0 Å². The molecule has 0 amide bonds. The van der Waals surface area contributed by atoms with E-state index in [1.54, 1.807) is 12.1 Å². The molecule has 0 bridgehead atoms.